The zero-order valence-corrected chi connectivity index (χ0v) is 13.2. The fourth-order valence-electron chi connectivity index (χ4n) is 1.98. The van der Waals surface area contributed by atoms with Crippen molar-refractivity contribution in [2.24, 2.45) is 0 Å². The van der Waals surface area contributed by atoms with Crippen LogP contribution in [0.4, 0.5) is 0 Å². The summed E-state index contributed by atoms with van der Waals surface area (Å²) in [6.07, 6.45) is 0.818. The van der Waals surface area contributed by atoms with Gasteiger partial charge in [-0.3, -0.25) is 0 Å². The van der Waals surface area contributed by atoms with Gasteiger partial charge in [-0.2, -0.15) is 4.31 Å². The van der Waals surface area contributed by atoms with Gasteiger partial charge in [0, 0.05) is 13.0 Å². The van der Waals surface area contributed by atoms with Gasteiger partial charge < -0.3 is 5.32 Å². The molecule has 106 valence electrons. The topological polar surface area (TPSA) is 54.0 Å². The highest BCUT2D eigenvalue weighted by Crippen LogP contribution is 2.33. The Morgan fingerprint density at radius 3 is 2.42 bits per heavy atom. The summed E-state index contributed by atoms with van der Waals surface area (Å²) in [6, 6.07) is 2.68. The van der Waals surface area contributed by atoms with Crippen LogP contribution in [0.25, 0.3) is 0 Å². The van der Waals surface area contributed by atoms with Crippen LogP contribution in [0.5, 0.6) is 0 Å². The van der Waals surface area contributed by atoms with Crippen molar-refractivity contribution in [2.75, 3.05) is 26.2 Å². The molecule has 8 heteroatoms. The second-order valence-corrected chi connectivity index (χ2v) is 7.45. The molecule has 0 aromatic heterocycles. The number of rotatable bonds is 2. The highest BCUT2D eigenvalue weighted by molar-refractivity contribution is 7.89. The SMILES string of the molecule is O=S(=O)(c1cc(Cl)c(Cl)cc1Cl)N1CCC[NH2+]CC1. The van der Waals surface area contributed by atoms with Crippen molar-refractivity contribution >= 4 is 44.8 Å². The quantitative estimate of drug-likeness (QED) is 0.829. The monoisotopic (exact) mass is 343 g/mol. The lowest BCUT2D eigenvalue weighted by Crippen LogP contribution is -2.84. The summed E-state index contributed by atoms with van der Waals surface area (Å²) in [4.78, 5) is 0.0190. The van der Waals surface area contributed by atoms with Crippen LogP contribution in [0, 0.1) is 0 Å². The Kier molecular flexibility index (Phi) is 4.98. The second-order valence-electron chi connectivity index (χ2n) is 4.32. The summed E-state index contributed by atoms with van der Waals surface area (Å²) in [7, 11) is -3.62. The Morgan fingerprint density at radius 1 is 1.00 bits per heavy atom. The first-order valence-corrected chi connectivity index (χ1v) is 8.46. The third-order valence-corrected chi connectivity index (χ3v) is 6.08. The Labute approximate surface area is 127 Å². The van der Waals surface area contributed by atoms with E-state index < -0.39 is 10.0 Å². The molecule has 1 heterocycles. The minimum Gasteiger partial charge on any atom is -0.345 e. The van der Waals surface area contributed by atoms with Crippen molar-refractivity contribution in [3.8, 4) is 0 Å². The number of hydrogen-bond donors (Lipinski definition) is 1. The molecule has 1 saturated heterocycles. The van der Waals surface area contributed by atoms with E-state index in [0.29, 0.717) is 13.1 Å². The van der Waals surface area contributed by atoms with Gasteiger partial charge in [-0.15, -0.1) is 0 Å². The average Bonchev–Trinajstić information content (AvgIpc) is 2.62. The van der Waals surface area contributed by atoms with Crippen LogP contribution in [0.2, 0.25) is 15.1 Å². The molecule has 0 radical (unpaired) electrons. The van der Waals surface area contributed by atoms with Gasteiger partial charge in [0.1, 0.15) is 4.90 Å². The van der Waals surface area contributed by atoms with E-state index in [9.17, 15) is 8.42 Å². The maximum Gasteiger partial charge on any atom is 0.244 e. The van der Waals surface area contributed by atoms with E-state index in [4.69, 9.17) is 34.8 Å². The molecule has 2 N–H and O–H groups in total. The van der Waals surface area contributed by atoms with E-state index in [1.165, 1.54) is 16.4 Å². The van der Waals surface area contributed by atoms with E-state index in [2.05, 4.69) is 5.32 Å². The molecule has 1 aromatic carbocycles. The Bertz CT molecular complexity index is 570. The first kappa shape index (κ1) is 15.4. The smallest absolute Gasteiger partial charge is 0.244 e. The number of benzene rings is 1. The molecule has 0 spiro atoms. The van der Waals surface area contributed by atoms with E-state index >= 15 is 0 Å². The van der Waals surface area contributed by atoms with Crippen LogP contribution in [-0.4, -0.2) is 38.9 Å². The molecule has 0 atom stereocenters. The van der Waals surface area contributed by atoms with Crippen molar-refractivity contribution < 1.29 is 13.7 Å². The lowest BCUT2D eigenvalue weighted by Gasteiger charge is -2.19. The highest BCUT2D eigenvalue weighted by Gasteiger charge is 2.28. The molecule has 1 aliphatic heterocycles. The number of halogens is 3. The van der Waals surface area contributed by atoms with Crippen LogP contribution in [0.3, 0.4) is 0 Å². The Morgan fingerprint density at radius 2 is 1.68 bits per heavy atom. The van der Waals surface area contributed by atoms with E-state index in [1.807, 2.05) is 0 Å². The highest BCUT2D eigenvalue weighted by atomic mass is 35.5. The summed E-state index contributed by atoms with van der Waals surface area (Å²) < 4.78 is 26.5. The zero-order valence-electron chi connectivity index (χ0n) is 10.1. The van der Waals surface area contributed by atoms with Crippen molar-refractivity contribution in [1.82, 2.24) is 4.31 Å². The van der Waals surface area contributed by atoms with Gasteiger partial charge in [0.15, 0.2) is 0 Å². The van der Waals surface area contributed by atoms with E-state index in [-0.39, 0.29) is 20.0 Å². The largest absolute Gasteiger partial charge is 0.345 e. The summed E-state index contributed by atoms with van der Waals surface area (Å²) >= 11 is 17.7. The van der Waals surface area contributed by atoms with Crippen molar-refractivity contribution in [3.63, 3.8) is 0 Å². The van der Waals surface area contributed by atoms with Crippen LogP contribution >= 0.6 is 34.8 Å². The predicted octanol–water partition coefficient (Wildman–Crippen LogP) is 1.60. The molecule has 1 aromatic rings. The summed E-state index contributed by atoms with van der Waals surface area (Å²) in [5.74, 6) is 0. The van der Waals surface area contributed by atoms with E-state index in [1.54, 1.807) is 0 Å². The number of hydrogen-bond acceptors (Lipinski definition) is 2. The standard InChI is InChI=1S/C11H13Cl3N2O2S/c12-8-6-10(14)11(7-9(8)13)19(17,18)16-4-1-2-15-3-5-16/h6-7,15H,1-5H2/p+1. The molecule has 1 fully saturated rings. The minimum absolute atomic E-state index is 0.0190. The molecular formula is C11H14Cl3N2O2S+. The molecular weight excluding hydrogens is 331 g/mol. The lowest BCUT2D eigenvalue weighted by atomic mass is 10.4. The Balaban J connectivity index is 2.41. The fraction of sp³-hybridized carbons (Fsp3) is 0.455. The number of nitrogens with two attached hydrogens (primary N) is 1. The molecule has 0 unspecified atom stereocenters. The second kappa shape index (κ2) is 6.16. The molecule has 1 aliphatic rings. The Hall–Kier alpha value is -0.0400. The normalized spacial score (nSPS) is 18.3. The van der Waals surface area contributed by atoms with E-state index in [0.717, 1.165) is 19.5 Å². The van der Waals surface area contributed by atoms with Crippen LogP contribution in [0.15, 0.2) is 17.0 Å². The fourth-order valence-corrected chi connectivity index (χ4v) is 4.45. The van der Waals surface area contributed by atoms with Gasteiger partial charge in [-0.25, -0.2) is 8.42 Å². The number of quaternary nitrogens is 1. The molecule has 0 amide bonds. The predicted molar refractivity (Wildman–Crippen MR) is 76.5 cm³/mol. The first-order valence-electron chi connectivity index (χ1n) is 5.89. The van der Waals surface area contributed by atoms with Crippen molar-refractivity contribution in [3.05, 3.63) is 27.2 Å². The molecule has 0 aliphatic carbocycles. The van der Waals surface area contributed by atoms with Gasteiger partial charge in [-0.1, -0.05) is 34.8 Å². The summed E-state index contributed by atoms with van der Waals surface area (Å²) in [5, 5.41) is 2.63. The minimum atomic E-state index is -3.62. The van der Waals surface area contributed by atoms with Crippen LogP contribution in [0.1, 0.15) is 6.42 Å². The number of nitrogens with zero attached hydrogens (tertiary/aromatic N) is 1. The average molecular weight is 345 g/mol. The molecule has 19 heavy (non-hydrogen) atoms. The van der Waals surface area contributed by atoms with Gasteiger partial charge in [0.05, 0.1) is 34.7 Å². The van der Waals surface area contributed by atoms with Gasteiger partial charge in [0.25, 0.3) is 0 Å². The third kappa shape index (κ3) is 3.35. The van der Waals surface area contributed by atoms with Crippen molar-refractivity contribution in [1.29, 1.82) is 0 Å². The first-order chi connectivity index (χ1) is 8.93. The lowest BCUT2D eigenvalue weighted by molar-refractivity contribution is -0.651. The summed E-state index contributed by atoms with van der Waals surface area (Å²) in [5.41, 5.74) is 0. The molecule has 0 saturated carbocycles. The van der Waals surface area contributed by atoms with Gasteiger partial charge in [0.2, 0.25) is 10.0 Å². The zero-order chi connectivity index (χ0) is 14.0. The van der Waals surface area contributed by atoms with Gasteiger partial charge >= 0.3 is 0 Å². The summed E-state index contributed by atoms with van der Waals surface area (Å²) in [6.45, 7) is 2.65. The van der Waals surface area contributed by atoms with Crippen LogP contribution in [-0.2, 0) is 10.0 Å². The molecule has 0 bridgehead atoms. The molecule has 2 rings (SSSR count). The van der Waals surface area contributed by atoms with Crippen LogP contribution < -0.4 is 5.32 Å². The molecule has 4 nitrogen and oxygen atoms in total. The third-order valence-electron chi connectivity index (χ3n) is 2.99. The maximum atomic E-state index is 12.6. The maximum absolute atomic E-state index is 12.6. The van der Waals surface area contributed by atoms with Gasteiger partial charge in [-0.05, 0) is 12.1 Å². The van der Waals surface area contributed by atoms with Crippen molar-refractivity contribution in [2.45, 2.75) is 11.3 Å². The number of sulfonamides is 1.